The topological polar surface area (TPSA) is 74.2 Å². The lowest BCUT2D eigenvalue weighted by molar-refractivity contribution is -0.131. The summed E-state index contributed by atoms with van der Waals surface area (Å²) in [5, 5.41) is 15.4. The molecular formula is C8H14N4O2S. The van der Waals surface area contributed by atoms with Crippen LogP contribution in [0.3, 0.4) is 0 Å². The van der Waals surface area contributed by atoms with E-state index in [9.17, 15) is 4.79 Å². The molecule has 1 amide bonds. The number of hydrogen-bond acceptors (Lipinski definition) is 4. The van der Waals surface area contributed by atoms with Crippen LogP contribution in [0.25, 0.3) is 0 Å². The average molecular weight is 230 g/mol. The quantitative estimate of drug-likeness (QED) is 0.721. The van der Waals surface area contributed by atoms with Crippen LogP contribution in [0.1, 0.15) is 18.8 Å². The van der Waals surface area contributed by atoms with Crippen molar-refractivity contribution in [3.63, 3.8) is 0 Å². The maximum absolute atomic E-state index is 11.7. The largest absolute Gasteiger partial charge is 0.388 e. The van der Waals surface area contributed by atoms with E-state index in [1.54, 1.807) is 21.0 Å². The third kappa shape index (κ3) is 2.24. The van der Waals surface area contributed by atoms with Gasteiger partial charge in [-0.3, -0.25) is 14.5 Å². The Balaban J connectivity index is 3.10. The fourth-order valence-corrected chi connectivity index (χ4v) is 1.64. The van der Waals surface area contributed by atoms with Gasteiger partial charge in [-0.15, -0.1) is 0 Å². The highest BCUT2D eigenvalue weighted by atomic mass is 32.1. The number of amides is 1. The predicted molar refractivity (Wildman–Crippen MR) is 56.7 cm³/mol. The Morgan fingerprint density at radius 2 is 2.33 bits per heavy atom. The number of carbonyl (C=O) groups is 1. The van der Waals surface area contributed by atoms with Crippen molar-refractivity contribution in [2.45, 2.75) is 19.6 Å². The first-order valence-corrected chi connectivity index (χ1v) is 4.87. The van der Waals surface area contributed by atoms with Crippen molar-refractivity contribution in [3.05, 3.63) is 10.6 Å². The number of nitrogens with one attached hydrogen (secondary N) is 1. The highest BCUT2D eigenvalue weighted by Gasteiger charge is 2.20. The number of aromatic amines is 1. The van der Waals surface area contributed by atoms with Gasteiger partial charge in [-0.05, 0) is 19.1 Å². The third-order valence-corrected chi connectivity index (χ3v) is 2.39. The van der Waals surface area contributed by atoms with Gasteiger partial charge in [0.05, 0.1) is 0 Å². The minimum Gasteiger partial charge on any atom is -0.388 e. The van der Waals surface area contributed by atoms with Crippen LogP contribution in [0.2, 0.25) is 0 Å². The van der Waals surface area contributed by atoms with Crippen LogP contribution < -0.4 is 0 Å². The van der Waals surface area contributed by atoms with E-state index in [1.165, 1.54) is 9.47 Å². The zero-order chi connectivity index (χ0) is 11.6. The summed E-state index contributed by atoms with van der Waals surface area (Å²) in [6.45, 7) is 1.46. The van der Waals surface area contributed by atoms with Gasteiger partial charge < -0.3 is 10.0 Å². The van der Waals surface area contributed by atoms with Crippen LogP contribution in [0, 0.1) is 4.77 Å². The molecule has 1 aromatic rings. The predicted octanol–water partition coefficient (Wildman–Crippen LogP) is 0.0822. The van der Waals surface area contributed by atoms with Crippen LogP contribution in [-0.2, 0) is 11.4 Å². The molecule has 0 radical (unpaired) electrons. The first-order valence-electron chi connectivity index (χ1n) is 4.46. The molecule has 0 fully saturated rings. The van der Waals surface area contributed by atoms with Gasteiger partial charge in [-0.2, -0.15) is 5.10 Å². The highest BCUT2D eigenvalue weighted by Crippen LogP contribution is 2.11. The molecule has 0 aromatic carbocycles. The van der Waals surface area contributed by atoms with E-state index in [0.717, 1.165) is 0 Å². The SMILES string of the molecule is CC(C(=O)N(C)C)n1c(CO)n[nH]c1=S. The number of aromatic nitrogens is 3. The molecule has 1 rings (SSSR count). The number of likely N-dealkylation sites (N-methyl/N-ethyl adjacent to an activating group) is 1. The second kappa shape index (κ2) is 4.54. The number of H-pyrrole nitrogens is 1. The van der Waals surface area contributed by atoms with Crippen molar-refractivity contribution in [3.8, 4) is 0 Å². The summed E-state index contributed by atoms with van der Waals surface area (Å²) in [5.41, 5.74) is 0. The van der Waals surface area contributed by atoms with E-state index < -0.39 is 6.04 Å². The Morgan fingerprint density at radius 1 is 1.73 bits per heavy atom. The maximum atomic E-state index is 11.7. The number of aliphatic hydroxyl groups excluding tert-OH is 1. The van der Waals surface area contributed by atoms with E-state index in [-0.39, 0.29) is 12.5 Å². The van der Waals surface area contributed by atoms with Crippen molar-refractivity contribution >= 4 is 18.1 Å². The van der Waals surface area contributed by atoms with E-state index in [0.29, 0.717) is 10.6 Å². The number of aliphatic hydroxyl groups is 1. The second-order valence-electron chi connectivity index (χ2n) is 3.38. The molecule has 0 saturated heterocycles. The lowest BCUT2D eigenvalue weighted by Gasteiger charge is -2.18. The summed E-state index contributed by atoms with van der Waals surface area (Å²) in [4.78, 5) is 13.2. The molecule has 7 heteroatoms. The summed E-state index contributed by atoms with van der Waals surface area (Å²) < 4.78 is 1.85. The first kappa shape index (κ1) is 11.9. The van der Waals surface area contributed by atoms with Gasteiger partial charge in [0, 0.05) is 14.1 Å². The molecule has 0 aliphatic rings. The van der Waals surface area contributed by atoms with Crippen LogP contribution in [0.15, 0.2) is 0 Å². The van der Waals surface area contributed by atoms with Gasteiger partial charge in [0.1, 0.15) is 12.6 Å². The van der Waals surface area contributed by atoms with Crippen molar-refractivity contribution in [1.29, 1.82) is 0 Å². The van der Waals surface area contributed by atoms with E-state index in [1.807, 2.05) is 0 Å². The molecule has 15 heavy (non-hydrogen) atoms. The molecular weight excluding hydrogens is 216 g/mol. The molecule has 0 spiro atoms. The molecule has 84 valence electrons. The lowest BCUT2D eigenvalue weighted by atomic mass is 10.3. The maximum Gasteiger partial charge on any atom is 0.244 e. The summed E-state index contributed by atoms with van der Waals surface area (Å²) >= 11 is 4.98. The summed E-state index contributed by atoms with van der Waals surface area (Å²) in [7, 11) is 3.34. The standard InChI is InChI=1S/C8H14N4O2S/c1-5(7(14)11(2)3)12-6(4-13)9-10-8(12)15/h5,13H,4H2,1-3H3,(H,10,15). The summed E-state index contributed by atoms with van der Waals surface area (Å²) in [5.74, 6) is 0.268. The number of hydrogen-bond donors (Lipinski definition) is 2. The summed E-state index contributed by atoms with van der Waals surface area (Å²) in [6, 6.07) is -0.464. The Kier molecular flexibility index (Phi) is 3.59. The molecule has 2 N–H and O–H groups in total. The number of carbonyl (C=O) groups excluding carboxylic acids is 1. The Bertz CT molecular complexity index is 409. The van der Waals surface area contributed by atoms with Gasteiger partial charge >= 0.3 is 0 Å². The Labute approximate surface area is 92.5 Å². The first-order chi connectivity index (χ1) is 6.99. The van der Waals surface area contributed by atoms with E-state index in [4.69, 9.17) is 17.3 Å². The minimum atomic E-state index is -0.464. The van der Waals surface area contributed by atoms with Gasteiger partial charge in [0.25, 0.3) is 0 Å². The smallest absolute Gasteiger partial charge is 0.244 e. The average Bonchev–Trinajstić information content (AvgIpc) is 2.57. The zero-order valence-corrected chi connectivity index (χ0v) is 9.71. The van der Waals surface area contributed by atoms with E-state index in [2.05, 4.69) is 10.2 Å². The third-order valence-electron chi connectivity index (χ3n) is 2.10. The molecule has 1 atom stereocenters. The second-order valence-corrected chi connectivity index (χ2v) is 3.77. The zero-order valence-electron chi connectivity index (χ0n) is 8.89. The highest BCUT2D eigenvalue weighted by molar-refractivity contribution is 7.71. The molecule has 1 aromatic heterocycles. The van der Waals surface area contributed by atoms with Crippen LogP contribution >= 0.6 is 12.2 Å². The molecule has 0 aliphatic heterocycles. The number of nitrogens with zero attached hydrogens (tertiary/aromatic N) is 3. The lowest BCUT2D eigenvalue weighted by Crippen LogP contribution is -2.30. The van der Waals surface area contributed by atoms with Gasteiger partial charge in [-0.1, -0.05) is 0 Å². The van der Waals surface area contributed by atoms with Crippen molar-refractivity contribution < 1.29 is 9.90 Å². The number of rotatable bonds is 3. The fourth-order valence-electron chi connectivity index (χ4n) is 1.33. The normalized spacial score (nSPS) is 12.5. The molecule has 6 nitrogen and oxygen atoms in total. The van der Waals surface area contributed by atoms with Gasteiger partial charge in [0.2, 0.25) is 5.91 Å². The van der Waals surface area contributed by atoms with Crippen molar-refractivity contribution in [1.82, 2.24) is 19.7 Å². The monoisotopic (exact) mass is 230 g/mol. The molecule has 0 saturated carbocycles. The summed E-state index contributed by atoms with van der Waals surface area (Å²) in [6.07, 6.45) is 0. The molecule has 0 aliphatic carbocycles. The van der Waals surface area contributed by atoms with Crippen LogP contribution in [0.5, 0.6) is 0 Å². The van der Waals surface area contributed by atoms with Crippen LogP contribution in [0.4, 0.5) is 0 Å². The molecule has 1 unspecified atom stereocenters. The molecule has 1 heterocycles. The van der Waals surface area contributed by atoms with Crippen molar-refractivity contribution in [2.24, 2.45) is 0 Å². The fraction of sp³-hybridized carbons (Fsp3) is 0.625. The van der Waals surface area contributed by atoms with Gasteiger partial charge in [0.15, 0.2) is 10.6 Å². The minimum absolute atomic E-state index is 0.0952. The van der Waals surface area contributed by atoms with E-state index >= 15 is 0 Å². The van der Waals surface area contributed by atoms with Crippen molar-refractivity contribution in [2.75, 3.05) is 14.1 Å². The Hall–Kier alpha value is -1.21. The van der Waals surface area contributed by atoms with Crippen LogP contribution in [-0.4, -0.2) is 44.8 Å². The molecule has 0 bridgehead atoms. The Morgan fingerprint density at radius 3 is 2.80 bits per heavy atom. The van der Waals surface area contributed by atoms with Gasteiger partial charge in [-0.25, -0.2) is 0 Å².